The number of amides is 1. The van der Waals surface area contributed by atoms with E-state index in [4.69, 9.17) is 8.83 Å². The largest absolute Gasteiger partial charge is 0.480 e. The van der Waals surface area contributed by atoms with E-state index in [9.17, 15) is 19.5 Å². The van der Waals surface area contributed by atoms with Crippen LogP contribution >= 0.6 is 0 Å². The van der Waals surface area contributed by atoms with Crippen LogP contribution < -0.4 is 10.9 Å². The first-order chi connectivity index (χ1) is 11.8. The zero-order chi connectivity index (χ0) is 18.1. The fourth-order valence-electron chi connectivity index (χ4n) is 2.67. The van der Waals surface area contributed by atoms with Crippen molar-refractivity contribution in [3.63, 3.8) is 0 Å². The van der Waals surface area contributed by atoms with E-state index in [1.165, 1.54) is 12.1 Å². The Bertz CT molecular complexity index is 1010. The van der Waals surface area contributed by atoms with Crippen LogP contribution in [0, 0.1) is 5.92 Å². The maximum absolute atomic E-state index is 12.4. The van der Waals surface area contributed by atoms with Gasteiger partial charge in [-0.2, -0.15) is 0 Å². The number of benzene rings is 1. The lowest BCUT2D eigenvalue weighted by Crippen LogP contribution is -2.41. The number of furan rings is 1. The average Bonchev–Trinajstić information content (AvgIpc) is 2.98. The van der Waals surface area contributed by atoms with E-state index in [2.05, 4.69) is 5.32 Å². The fourth-order valence-corrected chi connectivity index (χ4v) is 2.67. The van der Waals surface area contributed by atoms with Gasteiger partial charge in [0.25, 0.3) is 5.91 Å². The van der Waals surface area contributed by atoms with E-state index >= 15 is 0 Å². The zero-order valence-electron chi connectivity index (χ0n) is 13.7. The van der Waals surface area contributed by atoms with E-state index in [1.807, 2.05) is 13.8 Å². The third kappa shape index (κ3) is 3.40. The van der Waals surface area contributed by atoms with E-state index in [1.54, 1.807) is 18.2 Å². The number of rotatable bonds is 5. The highest BCUT2D eigenvalue weighted by Crippen LogP contribution is 2.27. The van der Waals surface area contributed by atoms with Crippen molar-refractivity contribution in [3.8, 4) is 0 Å². The zero-order valence-corrected chi connectivity index (χ0v) is 13.7. The van der Waals surface area contributed by atoms with Gasteiger partial charge in [0, 0.05) is 17.5 Å². The van der Waals surface area contributed by atoms with Gasteiger partial charge in [-0.1, -0.05) is 13.8 Å². The van der Waals surface area contributed by atoms with Gasteiger partial charge in [0.15, 0.2) is 5.76 Å². The molecule has 0 aliphatic rings. The van der Waals surface area contributed by atoms with Crippen molar-refractivity contribution in [2.45, 2.75) is 26.3 Å². The van der Waals surface area contributed by atoms with Crippen molar-refractivity contribution >= 4 is 33.8 Å². The molecule has 7 heteroatoms. The highest BCUT2D eigenvalue weighted by Gasteiger charge is 2.24. The summed E-state index contributed by atoms with van der Waals surface area (Å²) in [6.45, 7) is 3.74. The molecule has 25 heavy (non-hydrogen) atoms. The Morgan fingerprint density at radius 1 is 1.16 bits per heavy atom. The number of hydrogen-bond donors (Lipinski definition) is 2. The summed E-state index contributed by atoms with van der Waals surface area (Å²) in [5.74, 6) is -1.66. The van der Waals surface area contributed by atoms with E-state index in [0.29, 0.717) is 28.4 Å². The van der Waals surface area contributed by atoms with Crippen molar-refractivity contribution < 1.29 is 23.5 Å². The highest BCUT2D eigenvalue weighted by atomic mass is 16.4. The summed E-state index contributed by atoms with van der Waals surface area (Å²) in [5.41, 5.74) is 0.197. The van der Waals surface area contributed by atoms with Gasteiger partial charge in [-0.05, 0) is 30.5 Å². The first-order valence-electron chi connectivity index (χ1n) is 7.85. The first kappa shape index (κ1) is 16.8. The second-order valence-corrected chi connectivity index (χ2v) is 6.25. The first-order valence-corrected chi connectivity index (χ1v) is 7.85. The van der Waals surface area contributed by atoms with Gasteiger partial charge >= 0.3 is 11.6 Å². The summed E-state index contributed by atoms with van der Waals surface area (Å²) in [7, 11) is 0. The average molecular weight is 343 g/mol. The highest BCUT2D eigenvalue weighted by molar-refractivity contribution is 6.06. The van der Waals surface area contributed by atoms with Gasteiger partial charge in [-0.25, -0.2) is 9.59 Å². The summed E-state index contributed by atoms with van der Waals surface area (Å²) < 4.78 is 10.7. The lowest BCUT2D eigenvalue weighted by atomic mass is 10.0. The van der Waals surface area contributed by atoms with Crippen LogP contribution in [0.1, 0.15) is 30.8 Å². The normalized spacial score (nSPS) is 12.6. The number of carbonyl (C=O) groups is 2. The molecule has 2 N–H and O–H groups in total. The summed E-state index contributed by atoms with van der Waals surface area (Å²) in [6, 6.07) is 6.75. The van der Waals surface area contributed by atoms with Crippen LogP contribution in [-0.4, -0.2) is 23.0 Å². The lowest BCUT2D eigenvalue weighted by molar-refractivity contribution is -0.139. The number of carboxylic acids is 1. The molecule has 2 aromatic heterocycles. The molecule has 1 atom stereocenters. The summed E-state index contributed by atoms with van der Waals surface area (Å²) in [5, 5.41) is 12.9. The van der Waals surface area contributed by atoms with Crippen LogP contribution in [0.3, 0.4) is 0 Å². The van der Waals surface area contributed by atoms with E-state index in [0.717, 1.165) is 0 Å². The molecule has 0 saturated carbocycles. The fraction of sp³-hybridized carbons (Fsp3) is 0.278. The third-order valence-corrected chi connectivity index (χ3v) is 3.82. The van der Waals surface area contributed by atoms with E-state index < -0.39 is 23.5 Å². The van der Waals surface area contributed by atoms with Crippen molar-refractivity contribution in [1.29, 1.82) is 0 Å². The molecule has 0 bridgehead atoms. The second-order valence-electron chi connectivity index (χ2n) is 6.25. The number of nitrogens with one attached hydrogen (secondary N) is 1. The van der Waals surface area contributed by atoms with E-state index in [-0.39, 0.29) is 11.7 Å². The van der Waals surface area contributed by atoms with Crippen LogP contribution in [0.25, 0.3) is 21.9 Å². The van der Waals surface area contributed by atoms with Gasteiger partial charge in [0.05, 0.1) is 5.39 Å². The Morgan fingerprint density at radius 2 is 1.88 bits per heavy atom. The van der Waals surface area contributed by atoms with Gasteiger partial charge < -0.3 is 19.3 Å². The number of hydrogen-bond acceptors (Lipinski definition) is 5. The van der Waals surface area contributed by atoms with Gasteiger partial charge in [0.2, 0.25) is 0 Å². The molecule has 0 spiro atoms. The molecule has 3 aromatic rings. The van der Waals surface area contributed by atoms with Crippen molar-refractivity contribution in [3.05, 3.63) is 46.5 Å². The molecule has 0 aliphatic carbocycles. The molecule has 1 amide bonds. The van der Waals surface area contributed by atoms with Crippen molar-refractivity contribution in [2.24, 2.45) is 5.92 Å². The number of carbonyl (C=O) groups excluding carboxylic acids is 1. The Labute approximate surface area is 142 Å². The maximum atomic E-state index is 12.4. The van der Waals surface area contributed by atoms with Gasteiger partial charge in [0.1, 0.15) is 17.2 Å². The molecule has 0 radical (unpaired) electrons. The van der Waals surface area contributed by atoms with Crippen LogP contribution in [0.15, 0.2) is 44.0 Å². The Morgan fingerprint density at radius 3 is 2.56 bits per heavy atom. The minimum atomic E-state index is -1.10. The lowest BCUT2D eigenvalue weighted by Gasteiger charge is -2.15. The smallest absolute Gasteiger partial charge is 0.336 e. The number of carboxylic acid groups (broad SMARTS) is 1. The molecule has 0 aliphatic heterocycles. The van der Waals surface area contributed by atoms with Gasteiger partial charge in [-0.3, -0.25) is 4.79 Å². The Hall–Kier alpha value is -3.09. The molecular weight excluding hydrogens is 326 g/mol. The van der Waals surface area contributed by atoms with Gasteiger partial charge in [-0.15, -0.1) is 0 Å². The van der Waals surface area contributed by atoms with Crippen LogP contribution in [0.2, 0.25) is 0 Å². The minimum Gasteiger partial charge on any atom is -0.480 e. The van der Waals surface area contributed by atoms with Crippen LogP contribution in [0.4, 0.5) is 0 Å². The topological polar surface area (TPSA) is 110 Å². The molecule has 3 rings (SSSR count). The quantitative estimate of drug-likeness (QED) is 0.689. The maximum Gasteiger partial charge on any atom is 0.336 e. The van der Waals surface area contributed by atoms with Crippen molar-refractivity contribution in [2.75, 3.05) is 0 Å². The number of aliphatic carboxylic acids is 1. The standard InChI is InChI=1S/C18H17NO6/c1-9(2)7-12(18(22)23)19-17(21)14-8-11-13(24-14)5-3-10-4-6-15(20)25-16(10)11/h3-6,8-9,12H,7H2,1-2H3,(H,19,21)(H,22,23)/t12-/m0/s1. The molecule has 7 nitrogen and oxygen atoms in total. The number of fused-ring (bicyclic) bond motifs is 3. The monoisotopic (exact) mass is 343 g/mol. The molecule has 1 aromatic carbocycles. The third-order valence-electron chi connectivity index (χ3n) is 3.82. The van der Waals surface area contributed by atoms with Crippen LogP contribution in [-0.2, 0) is 4.79 Å². The predicted molar refractivity (Wildman–Crippen MR) is 90.6 cm³/mol. The molecule has 0 unspecified atom stereocenters. The summed E-state index contributed by atoms with van der Waals surface area (Å²) >= 11 is 0. The molecular formula is C18H17NO6. The Balaban J connectivity index is 1.97. The predicted octanol–water partition coefficient (Wildman–Crippen LogP) is 2.77. The second kappa shape index (κ2) is 6.43. The molecule has 130 valence electrons. The summed E-state index contributed by atoms with van der Waals surface area (Å²) in [6.07, 6.45) is 0.305. The minimum absolute atomic E-state index is 0.0380. The molecule has 0 fully saturated rings. The molecule has 2 heterocycles. The van der Waals surface area contributed by atoms with Crippen LogP contribution in [0.5, 0.6) is 0 Å². The van der Waals surface area contributed by atoms with Crippen molar-refractivity contribution in [1.82, 2.24) is 5.32 Å². The summed E-state index contributed by atoms with van der Waals surface area (Å²) in [4.78, 5) is 35.1. The molecule has 0 saturated heterocycles. The SMILES string of the molecule is CC(C)C[C@H](NC(=O)c1cc2c(ccc3ccc(=O)oc32)o1)C(=O)O. The Kier molecular flexibility index (Phi) is 4.31.